The molecule has 0 aromatic carbocycles. The zero-order valence-corrected chi connectivity index (χ0v) is 32.9. The maximum absolute atomic E-state index is 12.6. The molecule has 0 radical (unpaired) electrons. The first-order chi connectivity index (χ1) is 24.5. The molecule has 6 nitrogen and oxygen atoms in total. The number of ether oxygens (including phenoxy) is 3. The zero-order chi connectivity index (χ0) is 36.6. The molecule has 6 heteroatoms. The number of hydrogen-bond acceptors (Lipinski definition) is 6. The Morgan fingerprint density at radius 3 is 1.00 bits per heavy atom. The lowest BCUT2D eigenvalue weighted by molar-refractivity contribution is -0.167. The van der Waals surface area contributed by atoms with Crippen molar-refractivity contribution in [3.63, 3.8) is 0 Å². The first-order valence-corrected chi connectivity index (χ1v) is 21.0. The van der Waals surface area contributed by atoms with Crippen molar-refractivity contribution in [1.82, 2.24) is 0 Å². The molecule has 1 unspecified atom stereocenters. The summed E-state index contributed by atoms with van der Waals surface area (Å²) in [5.74, 6) is -0.921. The van der Waals surface area contributed by atoms with Gasteiger partial charge in [0.25, 0.3) is 0 Å². The summed E-state index contributed by atoms with van der Waals surface area (Å²) >= 11 is 0. The normalized spacial score (nSPS) is 12.3. The highest BCUT2D eigenvalue weighted by molar-refractivity contribution is 5.71. The second-order valence-electron chi connectivity index (χ2n) is 13.9. The van der Waals surface area contributed by atoms with Crippen LogP contribution in [-0.2, 0) is 28.6 Å². The van der Waals surface area contributed by atoms with Gasteiger partial charge in [0.1, 0.15) is 13.2 Å². The number of rotatable bonds is 37. The molecule has 0 heterocycles. The highest BCUT2D eigenvalue weighted by Crippen LogP contribution is 2.13. The lowest BCUT2D eigenvalue weighted by atomic mass is 10.1. The third-order valence-corrected chi connectivity index (χ3v) is 8.84. The van der Waals surface area contributed by atoms with E-state index in [0.717, 1.165) is 96.3 Å². The Kier molecular flexibility index (Phi) is 37.5. The molecular formula is C44H78O6. The quantitative estimate of drug-likeness (QED) is 0.0277. The van der Waals surface area contributed by atoms with E-state index in [1.807, 2.05) is 0 Å². The van der Waals surface area contributed by atoms with E-state index in [1.54, 1.807) is 0 Å². The van der Waals surface area contributed by atoms with Gasteiger partial charge in [-0.1, -0.05) is 147 Å². The van der Waals surface area contributed by atoms with Crippen LogP contribution in [0.3, 0.4) is 0 Å². The summed E-state index contributed by atoms with van der Waals surface area (Å²) in [5.41, 5.74) is 0. The van der Waals surface area contributed by atoms with E-state index in [4.69, 9.17) is 14.2 Å². The SMILES string of the molecule is CCCC/C=C\CCCCCCCC(=O)OCC(COC(=O)CCCCCC/C=C\CCCC)OC(=O)CCCCCCC/C=C\CCCC. The molecule has 0 spiro atoms. The molecule has 0 aromatic heterocycles. The highest BCUT2D eigenvalue weighted by Gasteiger charge is 2.19. The van der Waals surface area contributed by atoms with Crippen molar-refractivity contribution in [3.05, 3.63) is 36.5 Å². The Morgan fingerprint density at radius 1 is 0.380 bits per heavy atom. The van der Waals surface area contributed by atoms with E-state index in [0.29, 0.717) is 19.3 Å². The molecule has 0 rings (SSSR count). The fraction of sp³-hybridized carbons (Fsp3) is 0.795. The van der Waals surface area contributed by atoms with Crippen LogP contribution in [0.15, 0.2) is 36.5 Å². The van der Waals surface area contributed by atoms with Gasteiger partial charge in [-0.2, -0.15) is 0 Å². The van der Waals surface area contributed by atoms with E-state index in [-0.39, 0.29) is 31.1 Å². The van der Waals surface area contributed by atoms with Gasteiger partial charge in [0.05, 0.1) is 0 Å². The summed E-state index contributed by atoms with van der Waals surface area (Å²) in [7, 11) is 0. The third kappa shape index (κ3) is 36.9. The molecule has 0 aliphatic rings. The maximum Gasteiger partial charge on any atom is 0.306 e. The Morgan fingerprint density at radius 2 is 0.660 bits per heavy atom. The number of unbranched alkanes of at least 4 members (excludes halogenated alkanes) is 20. The van der Waals surface area contributed by atoms with Gasteiger partial charge < -0.3 is 14.2 Å². The summed E-state index contributed by atoms with van der Waals surface area (Å²) in [6, 6.07) is 0. The molecule has 0 aromatic rings. The average molecular weight is 703 g/mol. The molecule has 0 aliphatic carbocycles. The molecule has 0 fully saturated rings. The zero-order valence-electron chi connectivity index (χ0n) is 32.9. The fourth-order valence-electron chi connectivity index (χ4n) is 5.56. The minimum Gasteiger partial charge on any atom is -0.462 e. The first-order valence-electron chi connectivity index (χ1n) is 21.0. The van der Waals surface area contributed by atoms with Gasteiger partial charge in [0.15, 0.2) is 6.10 Å². The third-order valence-electron chi connectivity index (χ3n) is 8.84. The summed E-state index contributed by atoms with van der Waals surface area (Å²) in [4.78, 5) is 37.5. The predicted molar refractivity (Wildman–Crippen MR) is 210 cm³/mol. The number of carbonyl (C=O) groups is 3. The molecule has 0 saturated heterocycles. The van der Waals surface area contributed by atoms with Crippen LogP contribution in [-0.4, -0.2) is 37.2 Å². The van der Waals surface area contributed by atoms with Crippen molar-refractivity contribution in [1.29, 1.82) is 0 Å². The second kappa shape index (κ2) is 39.4. The highest BCUT2D eigenvalue weighted by atomic mass is 16.6. The fourth-order valence-corrected chi connectivity index (χ4v) is 5.56. The molecule has 290 valence electrons. The van der Waals surface area contributed by atoms with E-state index in [9.17, 15) is 14.4 Å². The van der Waals surface area contributed by atoms with Crippen molar-refractivity contribution in [2.45, 2.75) is 213 Å². The number of carbonyl (C=O) groups excluding carboxylic acids is 3. The van der Waals surface area contributed by atoms with Crippen molar-refractivity contribution < 1.29 is 28.6 Å². The van der Waals surface area contributed by atoms with Gasteiger partial charge in [-0.25, -0.2) is 0 Å². The number of allylic oxidation sites excluding steroid dienone is 6. The van der Waals surface area contributed by atoms with Crippen LogP contribution in [0.1, 0.15) is 207 Å². The Labute approximate surface area is 308 Å². The Bertz CT molecular complexity index is 861. The van der Waals surface area contributed by atoms with Crippen LogP contribution < -0.4 is 0 Å². The molecule has 0 aliphatic heterocycles. The van der Waals surface area contributed by atoms with Crippen LogP contribution in [0.4, 0.5) is 0 Å². The largest absolute Gasteiger partial charge is 0.462 e. The van der Waals surface area contributed by atoms with Crippen LogP contribution in [0.5, 0.6) is 0 Å². The minimum absolute atomic E-state index is 0.0836. The van der Waals surface area contributed by atoms with Crippen LogP contribution in [0.2, 0.25) is 0 Å². The van der Waals surface area contributed by atoms with Crippen LogP contribution >= 0.6 is 0 Å². The van der Waals surface area contributed by atoms with Gasteiger partial charge in [-0.05, 0) is 77.0 Å². The maximum atomic E-state index is 12.6. The van der Waals surface area contributed by atoms with Crippen LogP contribution in [0, 0.1) is 0 Å². The van der Waals surface area contributed by atoms with Crippen LogP contribution in [0.25, 0.3) is 0 Å². The Hall–Kier alpha value is -2.37. The smallest absolute Gasteiger partial charge is 0.306 e. The van der Waals surface area contributed by atoms with Gasteiger partial charge >= 0.3 is 17.9 Å². The average Bonchev–Trinajstić information content (AvgIpc) is 3.11. The van der Waals surface area contributed by atoms with Crippen molar-refractivity contribution in [3.8, 4) is 0 Å². The standard InChI is InChI=1S/C44H78O6/c1-4-7-10-13-16-19-22-25-28-31-34-37-43(46)49-40-41(39-48-42(45)36-33-30-27-24-21-18-15-12-9-6-3)50-44(47)38-35-32-29-26-23-20-17-14-11-8-5-2/h13-18,41H,4-12,19-40H2,1-3H3/b16-13-,17-14-,18-15-. The second-order valence-corrected chi connectivity index (χ2v) is 13.9. The van der Waals surface area contributed by atoms with Gasteiger partial charge in [0.2, 0.25) is 0 Å². The number of esters is 3. The molecule has 0 bridgehead atoms. The monoisotopic (exact) mass is 703 g/mol. The summed E-state index contributed by atoms with van der Waals surface area (Å²) < 4.78 is 16.6. The molecule has 1 atom stereocenters. The van der Waals surface area contributed by atoms with Gasteiger partial charge in [0, 0.05) is 19.3 Å². The summed E-state index contributed by atoms with van der Waals surface area (Å²) in [5, 5.41) is 0. The van der Waals surface area contributed by atoms with Crippen molar-refractivity contribution >= 4 is 17.9 Å². The Balaban J connectivity index is 4.41. The van der Waals surface area contributed by atoms with Crippen molar-refractivity contribution in [2.75, 3.05) is 13.2 Å². The van der Waals surface area contributed by atoms with Gasteiger partial charge in [-0.3, -0.25) is 14.4 Å². The topological polar surface area (TPSA) is 78.9 Å². The summed E-state index contributed by atoms with van der Waals surface area (Å²) in [6.45, 7) is 6.47. The van der Waals surface area contributed by atoms with E-state index in [1.165, 1.54) is 70.6 Å². The number of hydrogen-bond donors (Lipinski definition) is 0. The minimum atomic E-state index is -0.778. The van der Waals surface area contributed by atoms with Crippen molar-refractivity contribution in [2.24, 2.45) is 0 Å². The van der Waals surface area contributed by atoms with E-state index < -0.39 is 6.10 Å². The summed E-state index contributed by atoms with van der Waals surface area (Å²) in [6.07, 6.45) is 42.7. The lowest BCUT2D eigenvalue weighted by Gasteiger charge is -2.18. The van der Waals surface area contributed by atoms with E-state index in [2.05, 4.69) is 57.2 Å². The van der Waals surface area contributed by atoms with E-state index >= 15 is 0 Å². The molecule has 0 saturated carbocycles. The molecule has 0 amide bonds. The predicted octanol–water partition coefficient (Wildman–Crippen LogP) is 13.0. The molecule has 0 N–H and O–H groups in total. The first kappa shape index (κ1) is 47.6. The molecular weight excluding hydrogens is 624 g/mol. The lowest BCUT2D eigenvalue weighted by Crippen LogP contribution is -2.30. The molecule has 50 heavy (non-hydrogen) atoms. The van der Waals surface area contributed by atoms with Gasteiger partial charge in [-0.15, -0.1) is 0 Å².